The van der Waals surface area contributed by atoms with Crippen molar-refractivity contribution in [3.63, 3.8) is 0 Å². The van der Waals surface area contributed by atoms with Gasteiger partial charge in [-0.1, -0.05) is 12.1 Å². The zero-order chi connectivity index (χ0) is 22.0. The van der Waals surface area contributed by atoms with Crippen LogP contribution in [0.5, 0.6) is 5.88 Å². The molecule has 0 bridgehead atoms. The third-order valence-corrected chi connectivity index (χ3v) is 4.67. The Morgan fingerprint density at radius 3 is 2.43 bits per heavy atom. The molecule has 0 fully saturated rings. The van der Waals surface area contributed by atoms with Gasteiger partial charge < -0.3 is 19.6 Å². The average Bonchev–Trinajstić information content (AvgIpc) is 3.06. The fraction of sp³-hybridized carbons (Fsp3) is 0.238. The van der Waals surface area contributed by atoms with E-state index in [4.69, 9.17) is 10.5 Å². The second-order valence-corrected chi connectivity index (χ2v) is 6.72. The van der Waals surface area contributed by atoms with Crippen molar-refractivity contribution >= 4 is 23.2 Å². The number of rotatable bonds is 7. The number of halogens is 1. The number of methoxy groups -OCH3 is 1. The zero-order valence-electron chi connectivity index (χ0n) is 16.7. The maximum Gasteiger partial charge on any atom is 0.343 e. The van der Waals surface area contributed by atoms with Crippen LogP contribution in [0.25, 0.3) is 5.52 Å². The van der Waals surface area contributed by atoms with Crippen LogP contribution < -0.4 is 10.5 Å². The highest BCUT2D eigenvalue weighted by Gasteiger charge is 2.26. The lowest BCUT2D eigenvalue weighted by molar-refractivity contribution is -0.143. The van der Waals surface area contributed by atoms with Gasteiger partial charge in [-0.15, -0.1) is 0 Å². The Morgan fingerprint density at radius 1 is 1.17 bits per heavy atom. The van der Waals surface area contributed by atoms with Gasteiger partial charge in [0.05, 0.1) is 18.4 Å². The van der Waals surface area contributed by atoms with Crippen LogP contribution in [0.1, 0.15) is 32.9 Å². The van der Waals surface area contributed by atoms with Crippen molar-refractivity contribution in [2.75, 3.05) is 13.7 Å². The van der Waals surface area contributed by atoms with E-state index in [1.54, 1.807) is 36.6 Å². The van der Waals surface area contributed by atoms with Crippen molar-refractivity contribution in [2.24, 2.45) is 5.73 Å². The Bertz CT molecular complexity index is 1150. The number of benzene rings is 1. The minimum atomic E-state index is -1.12. The molecule has 0 saturated carbocycles. The number of amides is 1. The van der Waals surface area contributed by atoms with Gasteiger partial charge in [-0.2, -0.15) is 0 Å². The molecule has 156 valence electrons. The smallest absolute Gasteiger partial charge is 0.343 e. The van der Waals surface area contributed by atoms with Crippen LogP contribution >= 0.6 is 0 Å². The number of carbonyl (C=O) groups is 3. The number of hydrogen-bond donors (Lipinski definition) is 1. The first kappa shape index (κ1) is 21.0. The van der Waals surface area contributed by atoms with Gasteiger partial charge in [0.25, 0.3) is 11.7 Å². The van der Waals surface area contributed by atoms with Gasteiger partial charge in [0.2, 0.25) is 5.88 Å². The lowest BCUT2D eigenvalue weighted by Gasteiger charge is -2.14. The Balaban J connectivity index is 2.21. The number of carbonyl (C=O) groups excluding carboxylic acids is 3. The molecule has 3 aromatic rings. The van der Waals surface area contributed by atoms with Gasteiger partial charge >= 0.3 is 5.97 Å². The molecule has 30 heavy (non-hydrogen) atoms. The third kappa shape index (κ3) is 4.00. The first-order chi connectivity index (χ1) is 14.2. The molecular formula is C21H20FN3O5. The summed E-state index contributed by atoms with van der Waals surface area (Å²) < 4.78 is 25.0. The maximum absolute atomic E-state index is 13.3. The van der Waals surface area contributed by atoms with Crippen LogP contribution in [0.3, 0.4) is 0 Å². The lowest BCUT2D eigenvalue weighted by Crippen LogP contribution is -2.24. The summed E-state index contributed by atoms with van der Waals surface area (Å²) in [7, 11) is 1.22. The normalized spacial score (nSPS) is 10.8. The van der Waals surface area contributed by atoms with Gasteiger partial charge in [0.15, 0.2) is 6.61 Å². The Kier molecular flexibility index (Phi) is 5.81. The molecule has 8 nitrogen and oxygen atoms in total. The maximum atomic E-state index is 13.3. The first-order valence-electron chi connectivity index (χ1n) is 9.02. The molecule has 0 unspecified atom stereocenters. The minimum Gasteiger partial charge on any atom is -0.466 e. The number of aryl methyl sites for hydroxylation is 2. The summed E-state index contributed by atoms with van der Waals surface area (Å²) >= 11 is 0. The number of aromatic nitrogens is 2. The fourth-order valence-electron chi connectivity index (χ4n) is 3.20. The molecule has 0 radical (unpaired) electrons. The molecule has 2 aromatic heterocycles. The van der Waals surface area contributed by atoms with Crippen LogP contribution in [-0.2, 0) is 20.7 Å². The molecule has 0 aliphatic heterocycles. The monoisotopic (exact) mass is 413 g/mol. The van der Waals surface area contributed by atoms with Crippen molar-refractivity contribution in [2.45, 2.75) is 20.3 Å². The molecule has 2 heterocycles. The van der Waals surface area contributed by atoms with E-state index in [1.807, 2.05) is 0 Å². The summed E-state index contributed by atoms with van der Waals surface area (Å²) in [5.74, 6) is -2.99. The second kappa shape index (κ2) is 8.32. The Morgan fingerprint density at radius 2 is 1.83 bits per heavy atom. The average molecular weight is 413 g/mol. The number of ether oxygens (including phenoxy) is 2. The van der Waals surface area contributed by atoms with E-state index in [0.29, 0.717) is 23.4 Å². The second-order valence-electron chi connectivity index (χ2n) is 6.72. The fourth-order valence-corrected chi connectivity index (χ4v) is 3.20. The lowest BCUT2D eigenvalue weighted by atomic mass is 10.1. The number of fused-ring (bicyclic) bond motifs is 1. The number of esters is 1. The molecular weight excluding hydrogens is 393 g/mol. The summed E-state index contributed by atoms with van der Waals surface area (Å²) in [5, 5.41) is 0. The zero-order valence-corrected chi connectivity index (χ0v) is 16.7. The molecule has 0 saturated heterocycles. The summed E-state index contributed by atoms with van der Waals surface area (Å²) in [6.45, 7) is 2.98. The molecule has 9 heteroatoms. The van der Waals surface area contributed by atoms with Crippen molar-refractivity contribution in [3.8, 4) is 5.88 Å². The highest BCUT2D eigenvalue weighted by molar-refractivity contribution is 6.44. The van der Waals surface area contributed by atoms with Crippen LogP contribution in [0.15, 0.2) is 30.5 Å². The van der Waals surface area contributed by atoms with E-state index < -0.39 is 24.3 Å². The number of ketones is 1. The molecule has 2 N–H and O–H groups in total. The molecule has 3 rings (SSSR count). The highest BCUT2D eigenvalue weighted by atomic mass is 19.1. The molecule has 0 aliphatic carbocycles. The SMILES string of the molecule is COC(=O)COc1nc(C)c(Cc2ccc(F)cc2)n2cc(C)c(C(=O)C(N)=O)c12. The predicted octanol–water partition coefficient (Wildman–Crippen LogP) is 1.90. The minimum absolute atomic E-state index is 0.00143. The quantitative estimate of drug-likeness (QED) is 0.360. The van der Waals surface area contributed by atoms with E-state index in [2.05, 4.69) is 9.72 Å². The van der Waals surface area contributed by atoms with Crippen molar-refractivity contribution in [3.05, 3.63) is 64.4 Å². The third-order valence-electron chi connectivity index (χ3n) is 4.67. The van der Waals surface area contributed by atoms with Gasteiger partial charge in [0.1, 0.15) is 11.3 Å². The summed E-state index contributed by atoms with van der Waals surface area (Å²) in [6, 6.07) is 6.00. The molecule has 0 spiro atoms. The number of primary amides is 1. The van der Waals surface area contributed by atoms with E-state index in [9.17, 15) is 18.8 Å². The van der Waals surface area contributed by atoms with Crippen molar-refractivity contribution < 1.29 is 28.2 Å². The van der Waals surface area contributed by atoms with E-state index in [-0.39, 0.29) is 22.8 Å². The van der Waals surface area contributed by atoms with Crippen LogP contribution in [-0.4, -0.2) is 40.8 Å². The largest absolute Gasteiger partial charge is 0.466 e. The Labute approximate surface area is 171 Å². The molecule has 1 aromatic carbocycles. The van der Waals surface area contributed by atoms with Crippen molar-refractivity contribution in [1.29, 1.82) is 0 Å². The summed E-state index contributed by atoms with van der Waals surface area (Å²) in [4.78, 5) is 40.0. The van der Waals surface area contributed by atoms with E-state index >= 15 is 0 Å². The standard InChI is InChI=1S/C21H20FN3O5/c1-11-9-25-15(8-13-4-6-14(22)7-5-13)12(2)24-21(30-10-16(26)29-3)18(25)17(11)19(27)20(23)28/h4-7,9H,8,10H2,1-3H3,(H2,23,28). The Hall–Kier alpha value is -3.75. The highest BCUT2D eigenvalue weighted by Crippen LogP contribution is 2.30. The van der Waals surface area contributed by atoms with Gasteiger partial charge in [-0.25, -0.2) is 14.2 Å². The van der Waals surface area contributed by atoms with Gasteiger partial charge in [0, 0.05) is 18.3 Å². The van der Waals surface area contributed by atoms with E-state index in [1.165, 1.54) is 19.2 Å². The summed E-state index contributed by atoms with van der Waals surface area (Å²) in [6.07, 6.45) is 2.05. The van der Waals surface area contributed by atoms with Crippen LogP contribution in [0, 0.1) is 19.7 Å². The number of Topliss-reactive ketones (excluding diaryl/α,β-unsaturated/α-hetero) is 1. The molecule has 0 aliphatic rings. The van der Waals surface area contributed by atoms with Gasteiger partial charge in [-0.05, 0) is 37.1 Å². The molecule has 1 amide bonds. The van der Waals surface area contributed by atoms with Crippen LogP contribution in [0.4, 0.5) is 4.39 Å². The molecule has 0 atom stereocenters. The number of hydrogen-bond acceptors (Lipinski definition) is 6. The van der Waals surface area contributed by atoms with Crippen molar-refractivity contribution in [1.82, 2.24) is 9.38 Å². The summed E-state index contributed by atoms with van der Waals surface area (Å²) in [5.41, 5.74) is 8.08. The van der Waals surface area contributed by atoms with Crippen LogP contribution in [0.2, 0.25) is 0 Å². The topological polar surface area (TPSA) is 113 Å². The van der Waals surface area contributed by atoms with Gasteiger partial charge in [-0.3, -0.25) is 9.59 Å². The first-order valence-corrected chi connectivity index (χ1v) is 9.02. The predicted molar refractivity (Wildman–Crippen MR) is 105 cm³/mol. The number of nitrogens with two attached hydrogens (primary N) is 1. The van der Waals surface area contributed by atoms with E-state index in [0.717, 1.165) is 5.56 Å². The number of nitrogens with zero attached hydrogens (tertiary/aromatic N) is 2.